The van der Waals surface area contributed by atoms with Gasteiger partial charge < -0.3 is 5.11 Å². The van der Waals surface area contributed by atoms with E-state index in [0.717, 1.165) is 0 Å². The normalized spacial score (nSPS) is 15.2. The highest BCUT2D eigenvalue weighted by molar-refractivity contribution is 5.86. The van der Waals surface area contributed by atoms with Gasteiger partial charge in [-0.2, -0.15) is 71.0 Å². The van der Waals surface area contributed by atoms with Gasteiger partial charge >= 0.3 is 53.6 Å². The lowest BCUT2D eigenvalue weighted by Crippen LogP contribution is -2.73. The molecule has 0 aromatic heterocycles. The Morgan fingerprint density at radius 1 is 0.600 bits per heavy atom. The average molecular weight is 489 g/mol. The van der Waals surface area contributed by atoms with Crippen molar-refractivity contribution in [2.45, 2.75) is 41.7 Å². The van der Waals surface area contributed by atoms with Gasteiger partial charge in [-0.1, -0.05) is 4.48 Å². The van der Waals surface area contributed by atoms with Crippen LogP contribution in [0, 0.1) is 0 Å². The van der Waals surface area contributed by atoms with Crippen molar-refractivity contribution in [2.24, 2.45) is 0 Å². The summed E-state index contributed by atoms with van der Waals surface area (Å²) in [4.78, 5) is 20.6. The number of alkyl halides is 15. The van der Waals surface area contributed by atoms with Gasteiger partial charge in [0.1, 0.15) is 0 Å². The van der Waals surface area contributed by atoms with Crippen molar-refractivity contribution in [3.63, 3.8) is 0 Å². The molecular weight excluding hydrogens is 486 g/mol. The van der Waals surface area contributed by atoms with E-state index < -0.39 is 65.3 Å². The molecule has 20 heteroatoms. The first-order chi connectivity index (χ1) is 12.7. The Balaban J connectivity index is 6.55. The van der Waals surface area contributed by atoms with Crippen LogP contribution in [0.2, 0.25) is 0 Å². The smallest absolute Gasteiger partial charge is 0.460 e. The van der Waals surface area contributed by atoms with Crippen LogP contribution in [0.1, 0.15) is 0 Å². The zero-order chi connectivity index (χ0) is 24.9. The fraction of sp³-hybridized carbons (Fsp3) is 0.800. The average Bonchev–Trinajstić information content (AvgIpc) is 2.51. The van der Waals surface area contributed by atoms with Crippen molar-refractivity contribution in [1.29, 1.82) is 0 Å². The number of nitrogens with zero attached hydrogens (tertiary/aromatic N) is 1. The molecule has 0 unspecified atom stereocenters. The summed E-state index contributed by atoms with van der Waals surface area (Å²) in [5.41, 5.74) is 0. The number of halogens is 16. The first-order valence-corrected chi connectivity index (χ1v) is 6.28. The van der Waals surface area contributed by atoms with Crippen LogP contribution < -0.4 is 0 Å². The summed E-state index contributed by atoms with van der Waals surface area (Å²) in [6, 6.07) is 0. The van der Waals surface area contributed by atoms with Crippen LogP contribution in [0.15, 0.2) is 0 Å². The molecule has 0 radical (unpaired) electrons. The zero-order valence-electron chi connectivity index (χ0n) is 13.0. The maximum atomic E-state index is 13.2. The van der Waals surface area contributed by atoms with Gasteiger partial charge in [0.2, 0.25) is 0 Å². The highest BCUT2D eigenvalue weighted by atomic mass is 19.4. The lowest BCUT2D eigenvalue weighted by Gasteiger charge is -2.41. The molecule has 0 fully saturated rings. The van der Waals surface area contributed by atoms with Gasteiger partial charge in [0.25, 0.3) is 0 Å². The van der Waals surface area contributed by atoms with Gasteiger partial charge in [-0.05, 0) is 0 Å². The molecule has 0 rings (SSSR count). The Morgan fingerprint density at radius 2 is 0.900 bits per heavy atom. The summed E-state index contributed by atoms with van der Waals surface area (Å²) in [5, 5.41) is 5.46. The molecule has 0 aliphatic rings. The number of carboxylic acids is 1. The van der Waals surface area contributed by atoms with Crippen molar-refractivity contribution in [2.75, 3.05) is 6.54 Å². The molecule has 0 atom stereocenters. The predicted octanol–water partition coefficient (Wildman–Crippen LogP) is 4.16. The summed E-state index contributed by atoms with van der Waals surface area (Å²) in [6.45, 7) is -2.62. The molecule has 1 amide bonds. The Labute approximate surface area is 151 Å². The van der Waals surface area contributed by atoms with E-state index in [1.165, 1.54) is 0 Å². The Hall–Kier alpha value is -2.18. The molecule has 0 spiro atoms. The minimum Gasteiger partial charge on any atom is -0.480 e. The fourth-order valence-corrected chi connectivity index (χ4v) is 1.44. The number of carbonyl (C=O) groups is 2. The predicted molar refractivity (Wildman–Crippen MR) is 56.2 cm³/mol. The van der Waals surface area contributed by atoms with Gasteiger partial charge in [-0.25, -0.2) is 0 Å². The second-order valence-electron chi connectivity index (χ2n) is 5.16. The maximum absolute atomic E-state index is 13.2. The fourth-order valence-electron chi connectivity index (χ4n) is 1.44. The summed E-state index contributed by atoms with van der Waals surface area (Å²) < 4.78 is 205. The standard InChI is InChI=1S/C10H3F16NO3/c11-4(12,3(30)27(26)1-2(28)29)5(13,14)6(15,16)7(17,18)8(19,20)9(21,22)10(23,24)25/h1H2,(H,28,29). The number of hydrogen-bond donors (Lipinski definition) is 1. The second-order valence-corrected chi connectivity index (χ2v) is 5.16. The molecule has 0 aromatic rings. The van der Waals surface area contributed by atoms with Crippen LogP contribution >= 0.6 is 0 Å². The monoisotopic (exact) mass is 489 g/mol. The van der Waals surface area contributed by atoms with E-state index in [-0.39, 0.29) is 0 Å². The molecule has 0 saturated carbocycles. The van der Waals surface area contributed by atoms with E-state index in [2.05, 4.69) is 0 Å². The van der Waals surface area contributed by atoms with E-state index in [4.69, 9.17) is 5.11 Å². The summed E-state index contributed by atoms with van der Waals surface area (Å²) in [7, 11) is 0. The summed E-state index contributed by atoms with van der Waals surface area (Å²) in [6.07, 6.45) is -7.79. The number of rotatable bonds is 8. The SMILES string of the molecule is O=C(O)CN(F)C(=O)C(F)(F)C(F)(F)C(F)(F)C(F)(F)C(F)(F)C(F)(F)C(F)(F)F. The van der Waals surface area contributed by atoms with Gasteiger partial charge in [-0.15, -0.1) is 0 Å². The second kappa shape index (κ2) is 7.20. The van der Waals surface area contributed by atoms with Gasteiger partial charge in [0.05, 0.1) is 0 Å². The van der Waals surface area contributed by atoms with E-state index in [1.807, 2.05) is 0 Å². The quantitative estimate of drug-likeness (QED) is 0.412. The van der Waals surface area contributed by atoms with Gasteiger partial charge in [0, 0.05) is 0 Å². The zero-order valence-corrected chi connectivity index (χ0v) is 13.0. The minimum atomic E-state index is -8.64. The molecular formula is C10H3F16NO3. The maximum Gasteiger partial charge on any atom is 0.460 e. The van der Waals surface area contributed by atoms with Crippen molar-refractivity contribution in [1.82, 2.24) is 5.12 Å². The van der Waals surface area contributed by atoms with Crippen molar-refractivity contribution in [3.8, 4) is 0 Å². The van der Waals surface area contributed by atoms with Gasteiger partial charge in [0.15, 0.2) is 6.54 Å². The molecule has 0 heterocycles. The lowest BCUT2D eigenvalue weighted by atomic mass is 9.91. The summed E-state index contributed by atoms with van der Waals surface area (Å²) in [5.74, 6) is -56.7. The van der Waals surface area contributed by atoms with Crippen molar-refractivity contribution >= 4 is 11.9 Å². The first-order valence-electron chi connectivity index (χ1n) is 6.28. The molecule has 178 valence electrons. The Kier molecular flexibility index (Phi) is 6.68. The molecule has 0 aliphatic heterocycles. The number of carboxylic acid groups (broad SMARTS) is 1. The molecule has 0 bridgehead atoms. The number of hydrogen-bond acceptors (Lipinski definition) is 2. The highest BCUT2D eigenvalue weighted by Gasteiger charge is 2.94. The lowest BCUT2D eigenvalue weighted by molar-refractivity contribution is -0.450. The third kappa shape index (κ3) is 3.67. The first kappa shape index (κ1) is 27.8. The minimum absolute atomic E-state index is 2.48. The third-order valence-corrected chi connectivity index (χ3v) is 3.09. The molecule has 0 aliphatic carbocycles. The molecule has 4 nitrogen and oxygen atoms in total. The Morgan fingerprint density at radius 3 is 1.20 bits per heavy atom. The summed E-state index contributed by atoms with van der Waals surface area (Å²) >= 11 is 0. The van der Waals surface area contributed by atoms with Crippen molar-refractivity contribution in [3.05, 3.63) is 0 Å². The number of aliphatic carboxylic acids is 1. The van der Waals surface area contributed by atoms with Crippen LogP contribution in [0.4, 0.5) is 70.3 Å². The highest BCUT2D eigenvalue weighted by Crippen LogP contribution is 2.62. The largest absolute Gasteiger partial charge is 0.480 e. The van der Waals surface area contributed by atoms with Crippen molar-refractivity contribution < 1.29 is 85.0 Å². The topological polar surface area (TPSA) is 57.6 Å². The molecule has 30 heavy (non-hydrogen) atoms. The van der Waals surface area contributed by atoms with Crippen LogP contribution in [0.5, 0.6) is 0 Å². The number of carbonyl (C=O) groups excluding carboxylic acids is 1. The van der Waals surface area contributed by atoms with Gasteiger partial charge in [-0.3, -0.25) is 9.59 Å². The molecule has 1 N–H and O–H groups in total. The van der Waals surface area contributed by atoms with Crippen LogP contribution in [0.3, 0.4) is 0 Å². The van der Waals surface area contributed by atoms with E-state index >= 15 is 0 Å². The van der Waals surface area contributed by atoms with Crippen LogP contribution in [0.25, 0.3) is 0 Å². The molecule has 0 saturated heterocycles. The van der Waals surface area contributed by atoms with E-state index in [9.17, 15) is 79.9 Å². The third-order valence-electron chi connectivity index (χ3n) is 3.09. The van der Waals surface area contributed by atoms with Crippen LogP contribution in [-0.4, -0.2) is 70.4 Å². The van der Waals surface area contributed by atoms with E-state index in [1.54, 1.807) is 0 Å². The molecule has 0 aromatic carbocycles. The van der Waals surface area contributed by atoms with Crippen LogP contribution in [-0.2, 0) is 9.59 Å². The van der Waals surface area contributed by atoms with E-state index in [0.29, 0.717) is 0 Å². The Bertz CT molecular complexity index is 683. The number of amides is 1.